The first-order valence-electron chi connectivity index (χ1n) is 11.2. The highest BCUT2D eigenvalue weighted by Gasteiger charge is 2.17. The van der Waals surface area contributed by atoms with Crippen LogP contribution in [0.4, 0.5) is 0 Å². The normalized spacial score (nSPS) is 9.49. The Hall–Kier alpha value is -3.47. The molecule has 0 aliphatic carbocycles. The highest BCUT2D eigenvalue weighted by molar-refractivity contribution is 7.11. The maximum atomic E-state index is 4.38. The Labute approximate surface area is 240 Å². The molecule has 220 valence electrons. The fourth-order valence-electron chi connectivity index (χ4n) is 2.58. The Morgan fingerprint density at radius 3 is 1.69 bits per heavy atom. The number of fused-ring (bicyclic) bond motifs is 1. The van der Waals surface area contributed by atoms with Crippen molar-refractivity contribution >= 4 is 22.4 Å². The third kappa shape index (κ3) is 12.3. The molecular formula is C28H52N10S. The van der Waals surface area contributed by atoms with Crippen LogP contribution in [0.15, 0.2) is 36.7 Å². The van der Waals surface area contributed by atoms with Crippen LogP contribution in [0.25, 0.3) is 11.0 Å². The maximum Gasteiger partial charge on any atom is 0.147 e. The molecule has 0 fully saturated rings. The molecule has 0 unspecified atom stereocenters. The number of hydrogen-bond acceptors (Lipinski definition) is 8. The van der Waals surface area contributed by atoms with Crippen molar-refractivity contribution in [1.82, 2.24) is 49.5 Å². The Morgan fingerprint density at radius 1 is 0.769 bits per heavy atom. The van der Waals surface area contributed by atoms with Crippen LogP contribution < -0.4 is 0 Å². The fraction of sp³-hybridized carbons (Fsp3) is 0.536. The molecule has 0 aliphatic rings. The topological polar surface area (TPSA) is 105 Å². The monoisotopic (exact) mass is 560 g/mol. The summed E-state index contributed by atoms with van der Waals surface area (Å²) < 4.78 is 5.68. The van der Waals surface area contributed by atoms with Gasteiger partial charge in [-0.15, -0.1) is 26.6 Å². The van der Waals surface area contributed by atoms with Gasteiger partial charge < -0.3 is 9.13 Å². The van der Waals surface area contributed by atoms with E-state index in [1.54, 1.807) is 29.3 Å². The molecule has 0 spiro atoms. The molecule has 0 saturated carbocycles. The minimum absolute atomic E-state index is 0. The molecule has 10 nitrogen and oxygen atoms in total. The number of rotatable bonds is 0. The predicted molar refractivity (Wildman–Crippen MR) is 167 cm³/mol. The number of nitrogens with zero attached hydrogens (tertiary/aromatic N) is 10. The van der Waals surface area contributed by atoms with Crippen LogP contribution in [0.3, 0.4) is 0 Å². The summed E-state index contributed by atoms with van der Waals surface area (Å²) in [6.07, 6.45) is 3.71. The van der Waals surface area contributed by atoms with Crippen molar-refractivity contribution in [3.05, 3.63) is 64.1 Å². The highest BCUT2D eigenvalue weighted by atomic mass is 32.1. The molecule has 4 heterocycles. The molecule has 0 atom stereocenters. The summed E-state index contributed by atoms with van der Waals surface area (Å²) in [7, 11) is 5.81. The van der Waals surface area contributed by atoms with Crippen LogP contribution in [0.5, 0.6) is 0 Å². The van der Waals surface area contributed by atoms with Crippen molar-refractivity contribution in [1.29, 1.82) is 0 Å². The molecule has 11 heteroatoms. The molecule has 5 rings (SSSR count). The molecule has 0 bridgehead atoms. The number of aryl methyl sites for hydroxylation is 7. The Kier molecular flexibility index (Phi) is 18.4. The van der Waals surface area contributed by atoms with Crippen LogP contribution in [0.2, 0.25) is 0 Å². The first-order chi connectivity index (χ1) is 16.4. The Balaban J connectivity index is -0.000000436. The standard InChI is InChI=1S/C9H10N2.C7H12N2S.C5H8N2.C3H6N4.4CH4/c1-7-10-8-5-3-4-6-9(8)11(7)2;1-5-8-9-6(10-5)7(2,3)4;1-5-6-3-4-7(5)2;1-3-4-5-6-7(3)2;;;;/h3-6H,1-2H3;1-4H3;3-4H,1-2H3;1-2H3;4*1H4. The van der Waals surface area contributed by atoms with E-state index in [-0.39, 0.29) is 35.1 Å². The summed E-state index contributed by atoms with van der Waals surface area (Å²) in [5, 5.41) is 20.7. The number of tetrazole rings is 1. The summed E-state index contributed by atoms with van der Waals surface area (Å²) in [5.74, 6) is 2.95. The quantitative estimate of drug-likeness (QED) is 0.205. The average Bonchev–Trinajstić information content (AvgIpc) is 3.56. The van der Waals surface area contributed by atoms with E-state index in [0.29, 0.717) is 0 Å². The average molecular weight is 561 g/mol. The van der Waals surface area contributed by atoms with Gasteiger partial charge in [0.1, 0.15) is 27.5 Å². The molecule has 4 aromatic heterocycles. The Morgan fingerprint density at radius 2 is 1.38 bits per heavy atom. The molecule has 39 heavy (non-hydrogen) atoms. The van der Waals surface area contributed by atoms with Crippen molar-refractivity contribution in [3.8, 4) is 0 Å². The molecule has 5 aromatic rings. The van der Waals surface area contributed by atoms with Crippen LogP contribution >= 0.6 is 11.3 Å². The van der Waals surface area contributed by atoms with Crippen LogP contribution in [-0.2, 0) is 26.6 Å². The second-order valence-corrected chi connectivity index (χ2v) is 10.2. The van der Waals surface area contributed by atoms with Crippen molar-refractivity contribution in [2.75, 3.05) is 0 Å². The lowest BCUT2D eigenvalue weighted by atomic mass is 9.98. The number of hydrogen-bond donors (Lipinski definition) is 0. The molecule has 0 N–H and O–H groups in total. The van der Waals surface area contributed by atoms with Crippen molar-refractivity contribution in [2.24, 2.45) is 21.1 Å². The van der Waals surface area contributed by atoms with E-state index >= 15 is 0 Å². The van der Waals surface area contributed by atoms with E-state index in [1.165, 1.54) is 5.52 Å². The van der Waals surface area contributed by atoms with Gasteiger partial charge in [-0.1, -0.05) is 62.6 Å². The Bertz CT molecular complexity index is 1250. The highest BCUT2D eigenvalue weighted by Crippen LogP contribution is 2.24. The van der Waals surface area contributed by atoms with Crippen molar-refractivity contribution in [3.63, 3.8) is 0 Å². The van der Waals surface area contributed by atoms with Gasteiger partial charge in [-0.05, 0) is 50.3 Å². The van der Waals surface area contributed by atoms with Gasteiger partial charge in [0, 0.05) is 39.0 Å². The van der Waals surface area contributed by atoms with E-state index in [4.69, 9.17) is 0 Å². The summed E-state index contributed by atoms with van der Waals surface area (Å²) >= 11 is 1.67. The molecular weight excluding hydrogens is 508 g/mol. The van der Waals surface area contributed by atoms with Gasteiger partial charge in [-0.25, -0.2) is 14.6 Å². The number of imidazole rings is 2. The van der Waals surface area contributed by atoms with Crippen LogP contribution in [0.1, 0.15) is 78.0 Å². The largest absolute Gasteiger partial charge is 0.338 e. The van der Waals surface area contributed by atoms with Crippen molar-refractivity contribution in [2.45, 2.75) is 83.6 Å². The number of para-hydroxylation sites is 2. The zero-order chi connectivity index (χ0) is 26.2. The first-order valence-corrected chi connectivity index (χ1v) is 12.0. The number of aromatic nitrogens is 10. The fourth-order valence-corrected chi connectivity index (χ4v) is 3.33. The summed E-state index contributed by atoms with van der Waals surface area (Å²) in [6, 6.07) is 8.15. The summed E-state index contributed by atoms with van der Waals surface area (Å²) in [5.41, 5.74) is 2.43. The SMILES string of the molecule is C.C.C.C.Cc1nc2ccccc2n1C.Cc1nccn1C.Cc1nnc(C(C)(C)C)s1.Cc1nnnn1C. The van der Waals surface area contributed by atoms with E-state index in [9.17, 15) is 0 Å². The molecule has 0 saturated heterocycles. The lowest BCUT2D eigenvalue weighted by Crippen LogP contribution is -2.10. The lowest BCUT2D eigenvalue weighted by Gasteiger charge is -2.12. The minimum atomic E-state index is 0. The van der Waals surface area contributed by atoms with Gasteiger partial charge in [0.2, 0.25) is 0 Å². The third-order valence-electron chi connectivity index (χ3n) is 5.07. The first kappa shape index (κ1) is 40.0. The lowest BCUT2D eigenvalue weighted by molar-refractivity contribution is 0.578. The zero-order valence-corrected chi connectivity index (χ0v) is 23.2. The van der Waals surface area contributed by atoms with E-state index < -0.39 is 0 Å². The van der Waals surface area contributed by atoms with Gasteiger partial charge in [-0.2, -0.15) is 0 Å². The van der Waals surface area contributed by atoms with E-state index in [1.807, 2.05) is 70.8 Å². The third-order valence-corrected chi connectivity index (χ3v) is 6.34. The second kappa shape index (κ2) is 17.9. The van der Waals surface area contributed by atoms with Gasteiger partial charge in [0.05, 0.1) is 11.0 Å². The molecule has 0 aliphatic heterocycles. The van der Waals surface area contributed by atoms with Gasteiger partial charge in [0.25, 0.3) is 0 Å². The second-order valence-electron chi connectivity index (χ2n) is 9.02. The van der Waals surface area contributed by atoms with Crippen LogP contribution in [-0.4, -0.2) is 49.5 Å². The van der Waals surface area contributed by atoms with E-state index in [0.717, 1.165) is 33.0 Å². The maximum absolute atomic E-state index is 4.38. The van der Waals surface area contributed by atoms with Gasteiger partial charge >= 0.3 is 0 Å². The van der Waals surface area contributed by atoms with Crippen LogP contribution in [0, 0.1) is 27.7 Å². The minimum Gasteiger partial charge on any atom is -0.338 e. The van der Waals surface area contributed by atoms with E-state index in [2.05, 4.69) is 67.1 Å². The van der Waals surface area contributed by atoms with Crippen molar-refractivity contribution < 1.29 is 0 Å². The summed E-state index contributed by atoms with van der Waals surface area (Å²) in [4.78, 5) is 8.35. The molecule has 0 amide bonds. The molecule has 1 aromatic carbocycles. The van der Waals surface area contributed by atoms with Gasteiger partial charge in [-0.3, -0.25) is 0 Å². The predicted octanol–water partition coefficient (Wildman–Crippen LogP) is 6.82. The zero-order valence-electron chi connectivity index (χ0n) is 22.3. The summed E-state index contributed by atoms with van der Waals surface area (Å²) in [6.45, 7) is 14.2. The smallest absolute Gasteiger partial charge is 0.147 e. The molecule has 0 radical (unpaired) electrons. The van der Waals surface area contributed by atoms with Gasteiger partial charge in [0.15, 0.2) is 0 Å². The number of benzene rings is 1.